The Morgan fingerprint density at radius 1 is 1.11 bits per heavy atom. The second kappa shape index (κ2) is 9.28. The van der Waals surface area contributed by atoms with Crippen LogP contribution in [0.25, 0.3) is 0 Å². The van der Waals surface area contributed by atoms with Crippen LogP contribution in [0.1, 0.15) is 6.92 Å². The molecule has 0 aromatic heterocycles. The maximum atomic E-state index is 12.3. The Morgan fingerprint density at radius 2 is 1.81 bits per heavy atom. The number of ether oxygens (including phenoxy) is 2. The molecule has 0 atom stereocenters. The Balaban J connectivity index is 1.48. The van der Waals surface area contributed by atoms with Gasteiger partial charge in [0.2, 0.25) is 0 Å². The average Bonchev–Trinajstić information content (AvgIpc) is 2.70. The Kier molecular flexibility index (Phi) is 6.54. The average molecular weight is 370 g/mol. The molecule has 1 aliphatic heterocycles. The van der Waals surface area contributed by atoms with E-state index in [2.05, 4.69) is 16.3 Å². The van der Waals surface area contributed by atoms with Crippen molar-refractivity contribution in [3.8, 4) is 11.5 Å². The molecule has 1 fully saturated rings. The number of anilines is 2. The number of nitrogens with one attached hydrogen (secondary N) is 2. The zero-order valence-electron chi connectivity index (χ0n) is 16.0. The predicted molar refractivity (Wildman–Crippen MR) is 107 cm³/mol. The SMILES string of the molecule is CCOc1ccc(NC(=O)C[NH+]2CCN(c3ccccc3OC)CC2)cc1. The molecule has 1 aliphatic rings. The molecular weight excluding hydrogens is 342 g/mol. The fourth-order valence-corrected chi connectivity index (χ4v) is 3.37. The van der Waals surface area contributed by atoms with Crippen LogP contribution in [0, 0.1) is 0 Å². The first-order valence-electron chi connectivity index (χ1n) is 9.44. The summed E-state index contributed by atoms with van der Waals surface area (Å²) in [5.41, 5.74) is 1.92. The zero-order valence-corrected chi connectivity index (χ0v) is 16.0. The molecule has 0 unspecified atom stereocenters. The molecule has 144 valence electrons. The van der Waals surface area contributed by atoms with Crippen molar-refractivity contribution in [2.45, 2.75) is 6.92 Å². The number of carbonyl (C=O) groups excluding carboxylic acids is 1. The Hall–Kier alpha value is -2.73. The Labute approximate surface area is 160 Å². The van der Waals surface area contributed by atoms with Gasteiger partial charge in [-0.3, -0.25) is 4.79 Å². The number of piperazine rings is 1. The van der Waals surface area contributed by atoms with Crippen molar-refractivity contribution in [3.63, 3.8) is 0 Å². The highest BCUT2D eigenvalue weighted by atomic mass is 16.5. The topological polar surface area (TPSA) is 55.2 Å². The molecule has 0 spiro atoms. The lowest BCUT2D eigenvalue weighted by Gasteiger charge is -2.34. The molecule has 1 amide bonds. The van der Waals surface area contributed by atoms with E-state index in [9.17, 15) is 4.79 Å². The summed E-state index contributed by atoms with van der Waals surface area (Å²) < 4.78 is 10.9. The van der Waals surface area contributed by atoms with Gasteiger partial charge in [-0.05, 0) is 43.3 Å². The summed E-state index contributed by atoms with van der Waals surface area (Å²) in [6, 6.07) is 15.6. The van der Waals surface area contributed by atoms with Crippen LogP contribution in [0.2, 0.25) is 0 Å². The van der Waals surface area contributed by atoms with Crippen molar-refractivity contribution < 1.29 is 19.2 Å². The highest BCUT2D eigenvalue weighted by Crippen LogP contribution is 2.27. The van der Waals surface area contributed by atoms with Gasteiger partial charge in [-0.15, -0.1) is 0 Å². The minimum atomic E-state index is 0.0416. The van der Waals surface area contributed by atoms with E-state index in [1.165, 1.54) is 4.90 Å². The van der Waals surface area contributed by atoms with Gasteiger partial charge in [0.05, 0.1) is 45.6 Å². The van der Waals surface area contributed by atoms with Crippen molar-refractivity contribution in [3.05, 3.63) is 48.5 Å². The number of carbonyl (C=O) groups is 1. The van der Waals surface area contributed by atoms with Gasteiger partial charge in [-0.25, -0.2) is 0 Å². The van der Waals surface area contributed by atoms with E-state index in [1.54, 1.807) is 7.11 Å². The van der Waals surface area contributed by atoms with Crippen LogP contribution in [-0.2, 0) is 4.79 Å². The third kappa shape index (κ3) is 5.14. The van der Waals surface area contributed by atoms with E-state index in [1.807, 2.05) is 49.4 Å². The molecule has 0 saturated carbocycles. The van der Waals surface area contributed by atoms with Gasteiger partial charge in [0.15, 0.2) is 6.54 Å². The number of amides is 1. The van der Waals surface area contributed by atoms with Gasteiger partial charge >= 0.3 is 0 Å². The minimum Gasteiger partial charge on any atom is -0.495 e. The molecule has 6 nitrogen and oxygen atoms in total. The van der Waals surface area contributed by atoms with Crippen LogP contribution < -0.4 is 24.6 Å². The van der Waals surface area contributed by atoms with E-state index >= 15 is 0 Å². The predicted octanol–water partition coefficient (Wildman–Crippen LogP) is 1.44. The third-order valence-corrected chi connectivity index (χ3v) is 4.76. The molecule has 0 bridgehead atoms. The van der Waals surface area contributed by atoms with Gasteiger partial charge in [-0.2, -0.15) is 0 Å². The quantitative estimate of drug-likeness (QED) is 0.774. The summed E-state index contributed by atoms with van der Waals surface area (Å²) >= 11 is 0. The molecule has 1 saturated heterocycles. The minimum absolute atomic E-state index is 0.0416. The van der Waals surface area contributed by atoms with Crippen LogP contribution >= 0.6 is 0 Å². The standard InChI is InChI=1S/C21H27N3O3/c1-3-27-18-10-8-17(9-11-18)22-21(25)16-23-12-14-24(15-13-23)19-6-4-5-7-20(19)26-2/h4-11H,3,12-16H2,1-2H3,(H,22,25)/p+1. The summed E-state index contributed by atoms with van der Waals surface area (Å²) in [4.78, 5) is 16.0. The fraction of sp³-hybridized carbons (Fsp3) is 0.381. The van der Waals surface area contributed by atoms with Gasteiger partial charge in [0, 0.05) is 5.69 Å². The van der Waals surface area contributed by atoms with E-state index in [-0.39, 0.29) is 5.91 Å². The second-order valence-corrected chi connectivity index (χ2v) is 6.59. The number of quaternary nitrogens is 1. The monoisotopic (exact) mass is 370 g/mol. The molecule has 27 heavy (non-hydrogen) atoms. The molecule has 0 aliphatic carbocycles. The van der Waals surface area contributed by atoms with Crippen molar-refractivity contribution >= 4 is 17.3 Å². The van der Waals surface area contributed by atoms with Crippen LogP contribution in [0.15, 0.2) is 48.5 Å². The lowest BCUT2D eigenvalue weighted by atomic mass is 10.2. The number of nitrogens with zero attached hydrogens (tertiary/aromatic N) is 1. The van der Waals surface area contributed by atoms with Gasteiger partial charge in [-0.1, -0.05) is 12.1 Å². The highest BCUT2D eigenvalue weighted by Gasteiger charge is 2.23. The van der Waals surface area contributed by atoms with E-state index in [4.69, 9.17) is 9.47 Å². The molecule has 2 aromatic carbocycles. The lowest BCUT2D eigenvalue weighted by Crippen LogP contribution is -3.15. The van der Waals surface area contributed by atoms with E-state index in [0.29, 0.717) is 13.2 Å². The molecular formula is C21H28N3O3+. The van der Waals surface area contributed by atoms with Crippen LogP contribution in [0.3, 0.4) is 0 Å². The number of rotatable bonds is 7. The molecule has 1 heterocycles. The number of benzene rings is 2. The van der Waals surface area contributed by atoms with Crippen LogP contribution in [0.5, 0.6) is 11.5 Å². The third-order valence-electron chi connectivity index (χ3n) is 4.76. The van der Waals surface area contributed by atoms with Crippen LogP contribution in [-0.4, -0.2) is 52.3 Å². The Bertz CT molecular complexity index is 741. The highest BCUT2D eigenvalue weighted by molar-refractivity contribution is 5.91. The summed E-state index contributed by atoms with van der Waals surface area (Å²) in [5, 5.41) is 2.97. The Morgan fingerprint density at radius 3 is 2.48 bits per heavy atom. The number of hydrogen-bond donors (Lipinski definition) is 2. The van der Waals surface area contributed by atoms with Gasteiger partial charge in [0.1, 0.15) is 11.5 Å². The second-order valence-electron chi connectivity index (χ2n) is 6.59. The number of para-hydroxylation sites is 2. The molecule has 3 rings (SSSR count). The summed E-state index contributed by atoms with van der Waals surface area (Å²) in [7, 11) is 1.70. The number of methoxy groups -OCH3 is 1. The first-order chi connectivity index (χ1) is 13.2. The lowest BCUT2D eigenvalue weighted by molar-refractivity contribution is -0.892. The smallest absolute Gasteiger partial charge is 0.279 e. The summed E-state index contributed by atoms with van der Waals surface area (Å²) in [5.74, 6) is 1.75. The van der Waals surface area contributed by atoms with Crippen molar-refractivity contribution in [2.24, 2.45) is 0 Å². The van der Waals surface area contributed by atoms with Crippen molar-refractivity contribution in [1.29, 1.82) is 0 Å². The fourth-order valence-electron chi connectivity index (χ4n) is 3.37. The zero-order chi connectivity index (χ0) is 19.1. The van der Waals surface area contributed by atoms with E-state index < -0.39 is 0 Å². The first kappa shape index (κ1) is 19.0. The molecule has 6 heteroatoms. The van der Waals surface area contributed by atoms with Crippen LogP contribution in [0.4, 0.5) is 11.4 Å². The molecule has 0 radical (unpaired) electrons. The van der Waals surface area contributed by atoms with E-state index in [0.717, 1.165) is 49.1 Å². The molecule has 2 N–H and O–H groups in total. The van der Waals surface area contributed by atoms with Gasteiger partial charge < -0.3 is 24.6 Å². The normalized spacial score (nSPS) is 14.7. The molecule has 2 aromatic rings. The largest absolute Gasteiger partial charge is 0.495 e. The first-order valence-corrected chi connectivity index (χ1v) is 9.44. The summed E-state index contributed by atoms with van der Waals surface area (Å²) in [6.45, 7) is 6.73. The maximum absolute atomic E-state index is 12.3. The maximum Gasteiger partial charge on any atom is 0.279 e. The summed E-state index contributed by atoms with van der Waals surface area (Å²) in [6.07, 6.45) is 0. The van der Waals surface area contributed by atoms with Crippen molar-refractivity contribution in [2.75, 3.05) is 56.7 Å². The van der Waals surface area contributed by atoms with Crippen molar-refractivity contribution in [1.82, 2.24) is 0 Å². The van der Waals surface area contributed by atoms with Gasteiger partial charge in [0.25, 0.3) is 5.91 Å². The number of hydrogen-bond acceptors (Lipinski definition) is 4.